The maximum atomic E-state index is 11.6. The zero-order chi connectivity index (χ0) is 17.7. The Hall–Kier alpha value is -2.08. The lowest BCUT2D eigenvalue weighted by molar-refractivity contribution is 0.0875. The number of aryl methyl sites for hydroxylation is 1. The van der Waals surface area contributed by atoms with E-state index in [-0.39, 0.29) is 18.6 Å². The zero-order valence-electron chi connectivity index (χ0n) is 14.8. The van der Waals surface area contributed by atoms with E-state index in [4.69, 9.17) is 9.15 Å². The molecule has 1 heterocycles. The number of nitrogens with zero attached hydrogens (tertiary/aromatic N) is 2. The average Bonchev–Trinajstić information content (AvgIpc) is 2.85. The highest BCUT2D eigenvalue weighted by Crippen LogP contribution is 2.24. The SMILES string of the molecule is CCCc1nn(CC(O)COc2ccc(C(C)(C)C)cc2)c(=O)o1. The molecule has 6 nitrogen and oxygen atoms in total. The van der Waals surface area contributed by atoms with Crippen LogP contribution in [0.25, 0.3) is 0 Å². The fourth-order valence-electron chi connectivity index (χ4n) is 2.28. The summed E-state index contributed by atoms with van der Waals surface area (Å²) in [7, 11) is 0. The van der Waals surface area contributed by atoms with Crippen LogP contribution in [0.1, 0.15) is 45.6 Å². The predicted molar refractivity (Wildman–Crippen MR) is 91.4 cm³/mol. The van der Waals surface area contributed by atoms with Crippen molar-refractivity contribution < 1.29 is 14.3 Å². The van der Waals surface area contributed by atoms with Crippen LogP contribution >= 0.6 is 0 Å². The molecule has 2 rings (SSSR count). The van der Waals surface area contributed by atoms with Crippen LogP contribution in [0, 0.1) is 0 Å². The molecule has 1 N–H and O–H groups in total. The molecule has 132 valence electrons. The normalized spacial score (nSPS) is 13.0. The second kappa shape index (κ2) is 7.66. The van der Waals surface area contributed by atoms with Crippen LogP contribution in [-0.2, 0) is 18.4 Å². The number of rotatable bonds is 7. The van der Waals surface area contributed by atoms with Gasteiger partial charge < -0.3 is 14.3 Å². The molecule has 0 aliphatic heterocycles. The molecule has 1 unspecified atom stereocenters. The minimum atomic E-state index is -0.843. The van der Waals surface area contributed by atoms with Gasteiger partial charge in [0.15, 0.2) is 0 Å². The number of aliphatic hydroxyl groups excluding tert-OH is 1. The zero-order valence-corrected chi connectivity index (χ0v) is 14.8. The number of hydrogen-bond acceptors (Lipinski definition) is 5. The molecule has 0 aliphatic rings. The summed E-state index contributed by atoms with van der Waals surface area (Å²) in [6.45, 7) is 8.55. The Morgan fingerprint density at radius 1 is 1.29 bits per heavy atom. The van der Waals surface area contributed by atoms with Gasteiger partial charge in [0.2, 0.25) is 5.89 Å². The molecule has 0 aliphatic carbocycles. The Morgan fingerprint density at radius 3 is 2.54 bits per heavy atom. The molecule has 1 aromatic heterocycles. The molecule has 2 aromatic rings. The van der Waals surface area contributed by atoms with Gasteiger partial charge in [0.1, 0.15) is 18.5 Å². The lowest BCUT2D eigenvalue weighted by atomic mass is 9.87. The number of benzene rings is 1. The fourth-order valence-corrected chi connectivity index (χ4v) is 2.28. The van der Waals surface area contributed by atoms with Crippen LogP contribution in [0.4, 0.5) is 0 Å². The van der Waals surface area contributed by atoms with Crippen molar-refractivity contribution in [1.29, 1.82) is 0 Å². The molecule has 0 amide bonds. The van der Waals surface area contributed by atoms with Crippen LogP contribution in [-0.4, -0.2) is 27.6 Å². The number of ether oxygens (including phenoxy) is 1. The van der Waals surface area contributed by atoms with Gasteiger partial charge in [0.25, 0.3) is 0 Å². The maximum absolute atomic E-state index is 11.6. The summed E-state index contributed by atoms with van der Waals surface area (Å²) in [4.78, 5) is 11.6. The van der Waals surface area contributed by atoms with Gasteiger partial charge in [0, 0.05) is 6.42 Å². The first-order chi connectivity index (χ1) is 11.3. The third-order valence-corrected chi connectivity index (χ3v) is 3.66. The fraction of sp³-hybridized carbons (Fsp3) is 0.556. The lowest BCUT2D eigenvalue weighted by Gasteiger charge is -2.19. The molecule has 0 radical (unpaired) electrons. The Bertz CT molecular complexity index is 695. The van der Waals surface area contributed by atoms with Gasteiger partial charge in [0.05, 0.1) is 6.54 Å². The van der Waals surface area contributed by atoms with Gasteiger partial charge >= 0.3 is 5.76 Å². The highest BCUT2D eigenvalue weighted by atomic mass is 16.5. The summed E-state index contributed by atoms with van der Waals surface area (Å²) < 4.78 is 11.7. The summed E-state index contributed by atoms with van der Waals surface area (Å²) in [6.07, 6.45) is 0.607. The van der Waals surface area contributed by atoms with Gasteiger partial charge in [-0.25, -0.2) is 4.79 Å². The molecule has 0 spiro atoms. The highest BCUT2D eigenvalue weighted by Gasteiger charge is 2.15. The van der Waals surface area contributed by atoms with E-state index in [1.54, 1.807) is 0 Å². The molecule has 24 heavy (non-hydrogen) atoms. The third kappa shape index (κ3) is 4.96. The van der Waals surface area contributed by atoms with Gasteiger partial charge in [-0.05, 0) is 29.5 Å². The topological polar surface area (TPSA) is 77.5 Å². The first-order valence-corrected chi connectivity index (χ1v) is 8.28. The Kier molecular flexibility index (Phi) is 5.83. The minimum Gasteiger partial charge on any atom is -0.491 e. The van der Waals surface area contributed by atoms with Crippen molar-refractivity contribution in [2.75, 3.05) is 6.61 Å². The second-order valence-electron chi connectivity index (χ2n) is 6.93. The van der Waals surface area contributed by atoms with Crippen LogP contribution < -0.4 is 10.5 Å². The Labute approximate surface area is 142 Å². The molecule has 0 fully saturated rings. The number of aromatic nitrogens is 2. The molecule has 0 bridgehead atoms. The van der Waals surface area contributed by atoms with Crippen LogP contribution in [0.15, 0.2) is 33.5 Å². The van der Waals surface area contributed by atoms with E-state index < -0.39 is 11.9 Å². The molecule has 0 saturated carbocycles. The van der Waals surface area contributed by atoms with E-state index in [1.165, 1.54) is 5.56 Å². The van der Waals surface area contributed by atoms with Crippen LogP contribution in [0.3, 0.4) is 0 Å². The van der Waals surface area contributed by atoms with Crippen molar-refractivity contribution in [1.82, 2.24) is 9.78 Å². The van der Waals surface area contributed by atoms with E-state index in [0.29, 0.717) is 18.1 Å². The molecule has 1 aromatic carbocycles. The standard InChI is InChI=1S/C18H26N2O4/c1-5-6-16-19-20(17(22)24-16)11-14(21)12-23-15-9-7-13(8-10-15)18(2,3)4/h7-10,14,21H,5-6,11-12H2,1-4H3. The van der Waals surface area contributed by atoms with Crippen molar-refractivity contribution in [3.05, 3.63) is 46.3 Å². The first kappa shape index (κ1) is 18.3. The smallest absolute Gasteiger partial charge is 0.437 e. The van der Waals surface area contributed by atoms with Crippen molar-refractivity contribution in [3.63, 3.8) is 0 Å². The predicted octanol–water partition coefficient (Wildman–Crippen LogP) is 2.53. The van der Waals surface area contributed by atoms with Gasteiger partial charge in [-0.2, -0.15) is 4.68 Å². The number of hydrogen-bond donors (Lipinski definition) is 1. The van der Waals surface area contributed by atoms with Gasteiger partial charge in [-0.1, -0.05) is 39.8 Å². The quantitative estimate of drug-likeness (QED) is 0.842. The van der Waals surface area contributed by atoms with E-state index in [1.807, 2.05) is 31.2 Å². The Balaban J connectivity index is 1.89. The average molecular weight is 334 g/mol. The van der Waals surface area contributed by atoms with Crippen molar-refractivity contribution in [2.45, 2.75) is 58.6 Å². The van der Waals surface area contributed by atoms with E-state index in [9.17, 15) is 9.90 Å². The molecule has 1 atom stereocenters. The summed E-state index contributed by atoms with van der Waals surface area (Å²) in [5, 5.41) is 14.1. The summed E-state index contributed by atoms with van der Waals surface area (Å²) in [5.74, 6) is 0.529. The summed E-state index contributed by atoms with van der Waals surface area (Å²) in [6, 6.07) is 7.80. The van der Waals surface area contributed by atoms with E-state index in [0.717, 1.165) is 11.1 Å². The molecular formula is C18H26N2O4. The third-order valence-electron chi connectivity index (χ3n) is 3.66. The van der Waals surface area contributed by atoms with Gasteiger partial charge in [-0.3, -0.25) is 0 Å². The van der Waals surface area contributed by atoms with E-state index >= 15 is 0 Å². The summed E-state index contributed by atoms with van der Waals surface area (Å²) in [5.41, 5.74) is 1.30. The second-order valence-corrected chi connectivity index (χ2v) is 6.93. The lowest BCUT2D eigenvalue weighted by Crippen LogP contribution is -2.29. The first-order valence-electron chi connectivity index (χ1n) is 8.28. The van der Waals surface area contributed by atoms with Crippen LogP contribution in [0.2, 0.25) is 0 Å². The molecule has 6 heteroatoms. The van der Waals surface area contributed by atoms with Crippen molar-refractivity contribution in [3.8, 4) is 5.75 Å². The maximum Gasteiger partial charge on any atom is 0.437 e. The van der Waals surface area contributed by atoms with Crippen molar-refractivity contribution in [2.24, 2.45) is 0 Å². The highest BCUT2D eigenvalue weighted by molar-refractivity contribution is 5.31. The monoisotopic (exact) mass is 334 g/mol. The minimum absolute atomic E-state index is 0.0477. The molecular weight excluding hydrogens is 308 g/mol. The Morgan fingerprint density at radius 2 is 1.96 bits per heavy atom. The van der Waals surface area contributed by atoms with Crippen molar-refractivity contribution >= 4 is 0 Å². The largest absolute Gasteiger partial charge is 0.491 e. The van der Waals surface area contributed by atoms with Gasteiger partial charge in [-0.15, -0.1) is 5.10 Å². The number of aliphatic hydroxyl groups is 1. The molecule has 0 saturated heterocycles. The van der Waals surface area contributed by atoms with E-state index in [2.05, 4.69) is 25.9 Å². The van der Waals surface area contributed by atoms with Crippen LogP contribution in [0.5, 0.6) is 5.75 Å². The summed E-state index contributed by atoms with van der Waals surface area (Å²) >= 11 is 0.